The second kappa shape index (κ2) is 10.4. The van der Waals surface area contributed by atoms with Crippen LogP contribution in [0.1, 0.15) is 48.6 Å². The lowest BCUT2D eigenvalue weighted by atomic mass is 10.1. The number of rotatable bonds is 2. The topological polar surface area (TPSA) is 90.4 Å². The third-order valence-corrected chi connectivity index (χ3v) is 4.63. The number of aliphatic imine (C=N–C) groups is 1. The summed E-state index contributed by atoms with van der Waals surface area (Å²) in [5.41, 5.74) is 4.47. The molecule has 30 heavy (non-hydrogen) atoms. The molecule has 0 radical (unpaired) electrons. The maximum atomic E-state index is 8.67. The van der Waals surface area contributed by atoms with E-state index in [9.17, 15) is 0 Å². The molecule has 4 rings (SSSR count). The van der Waals surface area contributed by atoms with Gasteiger partial charge in [0.15, 0.2) is 6.29 Å². The van der Waals surface area contributed by atoms with Gasteiger partial charge in [-0.3, -0.25) is 4.99 Å². The summed E-state index contributed by atoms with van der Waals surface area (Å²) < 4.78 is 11.1. The second-order valence-corrected chi connectivity index (χ2v) is 7.31. The van der Waals surface area contributed by atoms with Gasteiger partial charge < -0.3 is 14.8 Å². The van der Waals surface area contributed by atoms with Gasteiger partial charge in [0.1, 0.15) is 6.17 Å². The Bertz CT molecular complexity index is 974. The van der Waals surface area contributed by atoms with Crippen LogP contribution in [0.25, 0.3) is 0 Å². The van der Waals surface area contributed by atoms with E-state index in [2.05, 4.69) is 29.4 Å². The Hall–Kier alpha value is -3.45. The fourth-order valence-electron chi connectivity index (χ4n) is 2.91. The first-order chi connectivity index (χ1) is 14.6. The van der Waals surface area contributed by atoms with Crippen LogP contribution in [0.15, 0.2) is 65.3 Å². The minimum Gasteiger partial charge on any atom is -0.366 e. The molecule has 0 bridgehead atoms. The molecule has 0 spiro atoms. The van der Waals surface area contributed by atoms with Gasteiger partial charge in [0.25, 0.3) is 0 Å². The van der Waals surface area contributed by atoms with E-state index in [1.807, 2.05) is 43.6 Å². The molecule has 1 fully saturated rings. The van der Waals surface area contributed by atoms with Crippen molar-refractivity contribution >= 4 is 6.21 Å². The average Bonchev–Trinajstić information content (AvgIpc) is 2.81. The summed E-state index contributed by atoms with van der Waals surface area (Å²) in [5.74, 6) is 0.458. The zero-order valence-electron chi connectivity index (χ0n) is 17.1. The van der Waals surface area contributed by atoms with Crippen LogP contribution in [0.3, 0.4) is 0 Å². The summed E-state index contributed by atoms with van der Waals surface area (Å²) in [4.78, 5) is 4.35. The van der Waals surface area contributed by atoms with Crippen LogP contribution < -0.4 is 5.32 Å². The zero-order chi connectivity index (χ0) is 21.3. The van der Waals surface area contributed by atoms with Crippen molar-refractivity contribution in [2.75, 3.05) is 13.2 Å². The van der Waals surface area contributed by atoms with Crippen molar-refractivity contribution in [1.29, 1.82) is 10.5 Å². The first kappa shape index (κ1) is 21.3. The smallest absolute Gasteiger partial charge is 0.183 e. The van der Waals surface area contributed by atoms with Gasteiger partial charge in [-0.15, -0.1) is 0 Å². The summed E-state index contributed by atoms with van der Waals surface area (Å²) in [6.45, 7) is 5.54. The molecule has 0 saturated carbocycles. The summed E-state index contributed by atoms with van der Waals surface area (Å²) in [6.07, 6.45) is 3.49. The van der Waals surface area contributed by atoms with Crippen molar-refractivity contribution in [1.82, 2.24) is 5.32 Å². The lowest BCUT2D eigenvalue weighted by Gasteiger charge is -2.27. The number of benzene rings is 2. The number of hydrogen-bond acceptors (Lipinski definition) is 6. The first-order valence-corrected chi connectivity index (χ1v) is 9.78. The minimum absolute atomic E-state index is 0.0264. The van der Waals surface area contributed by atoms with E-state index in [0.29, 0.717) is 17.0 Å². The Morgan fingerprint density at radius 2 is 1.43 bits per heavy atom. The van der Waals surface area contributed by atoms with Gasteiger partial charge in [-0.05, 0) is 42.3 Å². The Labute approximate surface area is 177 Å². The lowest BCUT2D eigenvalue weighted by molar-refractivity contribution is -0.202. The summed E-state index contributed by atoms with van der Waals surface area (Å²) in [6, 6.07) is 18.9. The number of nitrogens with one attached hydrogen (secondary N) is 1. The van der Waals surface area contributed by atoms with Crippen molar-refractivity contribution in [3.63, 3.8) is 0 Å². The molecule has 152 valence electrons. The molecule has 0 amide bonds. The normalized spacial score (nSPS) is 22.4. The maximum Gasteiger partial charge on any atom is 0.183 e. The Balaban J connectivity index is 0.000000171. The fourth-order valence-corrected chi connectivity index (χ4v) is 2.91. The molecule has 2 aromatic rings. The van der Waals surface area contributed by atoms with Crippen LogP contribution >= 0.6 is 0 Å². The second-order valence-electron chi connectivity index (χ2n) is 7.31. The molecule has 0 aromatic heterocycles. The zero-order valence-corrected chi connectivity index (χ0v) is 17.1. The van der Waals surface area contributed by atoms with Gasteiger partial charge >= 0.3 is 0 Å². The lowest BCUT2D eigenvalue weighted by Crippen LogP contribution is -2.24. The van der Waals surface area contributed by atoms with Crippen molar-refractivity contribution in [3.8, 4) is 12.1 Å². The summed E-state index contributed by atoms with van der Waals surface area (Å²) >= 11 is 0. The van der Waals surface area contributed by atoms with E-state index in [0.717, 1.165) is 29.9 Å². The molecule has 2 aliphatic rings. The number of nitriles is 2. The van der Waals surface area contributed by atoms with Gasteiger partial charge in [-0.2, -0.15) is 10.5 Å². The van der Waals surface area contributed by atoms with E-state index >= 15 is 0 Å². The molecular weight excluding hydrogens is 376 g/mol. The van der Waals surface area contributed by atoms with E-state index in [4.69, 9.17) is 20.0 Å². The van der Waals surface area contributed by atoms with Crippen molar-refractivity contribution in [2.45, 2.75) is 26.3 Å². The monoisotopic (exact) mass is 400 g/mol. The molecule has 1 unspecified atom stereocenters. The number of ether oxygens (including phenoxy) is 2. The van der Waals surface area contributed by atoms with Gasteiger partial charge in [0.05, 0.1) is 36.5 Å². The van der Waals surface area contributed by atoms with E-state index in [1.165, 1.54) is 0 Å². The Kier molecular flexibility index (Phi) is 7.34. The molecule has 1 atom stereocenters. The molecule has 2 aromatic carbocycles. The largest absolute Gasteiger partial charge is 0.366 e. The van der Waals surface area contributed by atoms with Gasteiger partial charge in [-0.25, -0.2) is 0 Å². The van der Waals surface area contributed by atoms with Crippen LogP contribution in [0.4, 0.5) is 0 Å². The maximum absolute atomic E-state index is 8.67. The first-order valence-electron chi connectivity index (χ1n) is 9.78. The molecular formula is C24H24N4O2. The highest BCUT2D eigenvalue weighted by Crippen LogP contribution is 2.24. The quantitative estimate of drug-likeness (QED) is 0.808. The van der Waals surface area contributed by atoms with Crippen molar-refractivity contribution < 1.29 is 9.47 Å². The highest BCUT2D eigenvalue weighted by molar-refractivity contribution is 5.78. The van der Waals surface area contributed by atoms with Crippen molar-refractivity contribution in [2.24, 2.45) is 10.9 Å². The van der Waals surface area contributed by atoms with Crippen LogP contribution in [-0.4, -0.2) is 19.4 Å². The van der Waals surface area contributed by atoms with E-state index in [1.54, 1.807) is 24.3 Å². The fraction of sp³-hybridized carbons (Fsp3) is 0.292. The standard InChI is InChI=1S/C12H11N3.C12H13NO2/c2*1-9-7-14-12(15-8-9)11-4-2-10(6-13)3-5-11/h2-5,7-8,12,14H,1H3;2-5,9,12H,7-8H2,1H3. The minimum atomic E-state index is -0.269. The molecule has 6 heteroatoms. The highest BCUT2D eigenvalue weighted by Gasteiger charge is 2.20. The van der Waals surface area contributed by atoms with Gasteiger partial charge in [0, 0.05) is 23.9 Å². The SMILES string of the molecule is CC1=CNC(c2ccc(C#N)cc2)N=C1.CC1COC(c2ccc(C#N)cc2)OC1. The molecule has 6 nitrogen and oxygen atoms in total. The van der Waals surface area contributed by atoms with E-state index in [-0.39, 0.29) is 12.5 Å². The molecule has 1 N–H and O–H groups in total. The van der Waals surface area contributed by atoms with Crippen LogP contribution in [0, 0.1) is 28.6 Å². The third kappa shape index (κ3) is 5.78. The predicted molar refractivity (Wildman–Crippen MR) is 114 cm³/mol. The summed E-state index contributed by atoms with van der Waals surface area (Å²) in [7, 11) is 0. The van der Waals surface area contributed by atoms with Crippen LogP contribution in [0.2, 0.25) is 0 Å². The predicted octanol–water partition coefficient (Wildman–Crippen LogP) is 4.37. The van der Waals surface area contributed by atoms with Gasteiger partial charge in [-0.1, -0.05) is 31.2 Å². The molecule has 2 heterocycles. The number of allylic oxidation sites excluding steroid dienone is 1. The van der Waals surface area contributed by atoms with E-state index < -0.39 is 0 Å². The number of hydrogen-bond donors (Lipinski definition) is 1. The van der Waals surface area contributed by atoms with Crippen molar-refractivity contribution in [3.05, 3.63) is 82.6 Å². The average molecular weight is 400 g/mol. The summed E-state index contributed by atoms with van der Waals surface area (Å²) in [5, 5.41) is 20.5. The number of nitrogens with zero attached hydrogens (tertiary/aromatic N) is 3. The Morgan fingerprint density at radius 1 is 0.900 bits per heavy atom. The highest BCUT2D eigenvalue weighted by atomic mass is 16.7. The molecule has 2 aliphatic heterocycles. The van der Waals surface area contributed by atoms with Crippen LogP contribution in [0.5, 0.6) is 0 Å². The molecule has 0 aliphatic carbocycles. The third-order valence-electron chi connectivity index (χ3n) is 4.63. The Morgan fingerprint density at radius 3 is 1.90 bits per heavy atom. The van der Waals surface area contributed by atoms with Crippen LogP contribution in [-0.2, 0) is 9.47 Å². The molecule has 1 saturated heterocycles. The van der Waals surface area contributed by atoms with Gasteiger partial charge in [0.2, 0.25) is 0 Å².